The predicted octanol–water partition coefficient (Wildman–Crippen LogP) is 4.59. The number of aromatic nitrogens is 3. The van der Waals surface area contributed by atoms with Crippen LogP contribution in [0.5, 0.6) is 5.75 Å². The third-order valence-electron chi connectivity index (χ3n) is 5.66. The molecule has 7 nitrogen and oxygen atoms in total. The Balaban J connectivity index is 1.12. The Labute approximate surface area is 206 Å². The molecule has 0 spiro atoms. The molecule has 0 saturated carbocycles. The zero-order valence-corrected chi connectivity index (χ0v) is 20.5. The number of thioether (sulfide) groups is 1. The van der Waals surface area contributed by atoms with Crippen molar-refractivity contribution in [2.24, 2.45) is 0 Å². The predicted molar refractivity (Wildman–Crippen MR) is 138 cm³/mol. The van der Waals surface area contributed by atoms with Crippen LogP contribution in [0.2, 0.25) is 0 Å². The van der Waals surface area contributed by atoms with Gasteiger partial charge >= 0.3 is 0 Å². The number of anilines is 1. The molecule has 1 amide bonds. The summed E-state index contributed by atoms with van der Waals surface area (Å²) >= 11 is 3.16. The van der Waals surface area contributed by atoms with Gasteiger partial charge in [-0.3, -0.25) is 4.79 Å². The van der Waals surface area contributed by atoms with Gasteiger partial charge in [0.05, 0.1) is 28.3 Å². The van der Waals surface area contributed by atoms with Crippen molar-refractivity contribution < 1.29 is 9.53 Å². The number of nitrogens with zero attached hydrogens (tertiary/aromatic N) is 5. The highest BCUT2D eigenvalue weighted by atomic mass is 32.2. The Hall–Kier alpha value is -3.17. The average Bonchev–Trinajstić information content (AvgIpc) is 3.31. The van der Waals surface area contributed by atoms with Crippen LogP contribution in [0.25, 0.3) is 21.5 Å². The topological polar surface area (TPSA) is 71.5 Å². The molecule has 0 bridgehead atoms. The molecule has 9 heteroatoms. The minimum absolute atomic E-state index is 0.154. The lowest BCUT2D eigenvalue weighted by atomic mass is 10.1. The van der Waals surface area contributed by atoms with Crippen LogP contribution in [0, 0.1) is 0 Å². The highest BCUT2D eigenvalue weighted by molar-refractivity contribution is 8.01. The second-order valence-electron chi connectivity index (χ2n) is 7.84. The molecule has 0 N–H and O–H groups in total. The van der Waals surface area contributed by atoms with Crippen LogP contribution >= 0.6 is 23.1 Å². The fraction of sp³-hybridized carbons (Fsp3) is 0.280. The maximum atomic E-state index is 12.7. The molecule has 5 rings (SSSR count). The van der Waals surface area contributed by atoms with E-state index in [0.29, 0.717) is 25.4 Å². The number of hydrogen-bond donors (Lipinski definition) is 0. The van der Waals surface area contributed by atoms with Crippen LogP contribution in [0.1, 0.15) is 6.92 Å². The van der Waals surface area contributed by atoms with E-state index in [1.54, 1.807) is 11.3 Å². The number of piperazine rings is 1. The van der Waals surface area contributed by atoms with Crippen molar-refractivity contribution in [3.05, 3.63) is 60.7 Å². The van der Waals surface area contributed by atoms with E-state index in [0.717, 1.165) is 50.5 Å². The number of carbonyl (C=O) groups excluding carboxylic acids is 1. The zero-order valence-electron chi connectivity index (χ0n) is 18.9. The van der Waals surface area contributed by atoms with E-state index in [-0.39, 0.29) is 5.91 Å². The maximum absolute atomic E-state index is 12.7. The normalized spacial score (nSPS) is 13.9. The van der Waals surface area contributed by atoms with Gasteiger partial charge in [0, 0.05) is 31.7 Å². The van der Waals surface area contributed by atoms with Gasteiger partial charge in [-0.05, 0) is 55.5 Å². The van der Waals surface area contributed by atoms with Gasteiger partial charge < -0.3 is 14.5 Å². The first-order valence-electron chi connectivity index (χ1n) is 11.3. The first-order valence-corrected chi connectivity index (χ1v) is 13.1. The summed E-state index contributed by atoms with van der Waals surface area (Å²) in [6.07, 6.45) is 0. The van der Waals surface area contributed by atoms with E-state index in [9.17, 15) is 4.79 Å². The first kappa shape index (κ1) is 22.6. The number of para-hydroxylation sites is 1. The summed E-state index contributed by atoms with van der Waals surface area (Å²) in [6.45, 7) is 5.47. The van der Waals surface area contributed by atoms with E-state index in [1.165, 1.54) is 11.8 Å². The second-order valence-corrected chi connectivity index (χ2v) is 10.1. The van der Waals surface area contributed by atoms with Crippen molar-refractivity contribution in [3.63, 3.8) is 0 Å². The van der Waals surface area contributed by atoms with Gasteiger partial charge in [0.1, 0.15) is 5.75 Å². The molecule has 1 aliphatic rings. The second kappa shape index (κ2) is 10.4. The van der Waals surface area contributed by atoms with E-state index in [2.05, 4.69) is 26.1 Å². The summed E-state index contributed by atoms with van der Waals surface area (Å²) in [5, 5.41) is 8.85. The molecule has 2 aromatic carbocycles. The summed E-state index contributed by atoms with van der Waals surface area (Å²) in [5.74, 6) is 2.25. The van der Waals surface area contributed by atoms with Gasteiger partial charge in [0.15, 0.2) is 10.2 Å². The SMILES string of the molecule is CCOc1ccc(-c2ccc(N3CCN(C(=O)CSc4nc5ccccc5s4)CC3)nn2)cc1. The number of benzene rings is 2. The van der Waals surface area contributed by atoms with Crippen LogP contribution in [-0.2, 0) is 4.79 Å². The third-order valence-corrected chi connectivity index (χ3v) is 7.83. The molecule has 1 aliphatic heterocycles. The summed E-state index contributed by atoms with van der Waals surface area (Å²) in [4.78, 5) is 21.4. The lowest BCUT2D eigenvalue weighted by molar-refractivity contribution is -0.128. The lowest BCUT2D eigenvalue weighted by Crippen LogP contribution is -2.49. The van der Waals surface area contributed by atoms with E-state index in [4.69, 9.17) is 4.74 Å². The molecule has 2 aromatic heterocycles. The number of carbonyl (C=O) groups is 1. The number of amides is 1. The van der Waals surface area contributed by atoms with Gasteiger partial charge in [0.25, 0.3) is 0 Å². The van der Waals surface area contributed by atoms with Gasteiger partial charge in [-0.15, -0.1) is 21.5 Å². The van der Waals surface area contributed by atoms with Crippen LogP contribution in [0.3, 0.4) is 0 Å². The summed E-state index contributed by atoms with van der Waals surface area (Å²) in [6, 6.07) is 19.9. The molecule has 1 saturated heterocycles. The highest BCUT2D eigenvalue weighted by Crippen LogP contribution is 2.29. The van der Waals surface area contributed by atoms with Crippen LogP contribution < -0.4 is 9.64 Å². The highest BCUT2D eigenvalue weighted by Gasteiger charge is 2.22. The Morgan fingerprint density at radius 2 is 1.79 bits per heavy atom. The van der Waals surface area contributed by atoms with Crippen molar-refractivity contribution in [1.29, 1.82) is 0 Å². The zero-order chi connectivity index (χ0) is 23.3. The van der Waals surface area contributed by atoms with Gasteiger partial charge in [-0.1, -0.05) is 23.9 Å². The Morgan fingerprint density at radius 3 is 2.50 bits per heavy atom. The molecule has 0 radical (unpaired) electrons. The molecule has 0 unspecified atom stereocenters. The molecule has 4 aromatic rings. The fourth-order valence-electron chi connectivity index (χ4n) is 3.85. The number of ether oxygens (including phenoxy) is 1. The third kappa shape index (κ3) is 5.15. The number of hydrogen-bond acceptors (Lipinski definition) is 8. The summed E-state index contributed by atoms with van der Waals surface area (Å²) in [7, 11) is 0. The first-order chi connectivity index (χ1) is 16.7. The molecule has 3 heterocycles. The largest absolute Gasteiger partial charge is 0.494 e. The monoisotopic (exact) mass is 491 g/mol. The van der Waals surface area contributed by atoms with Crippen molar-refractivity contribution in [1.82, 2.24) is 20.1 Å². The van der Waals surface area contributed by atoms with Crippen LogP contribution in [0.15, 0.2) is 65.0 Å². The fourth-order valence-corrected chi connectivity index (χ4v) is 5.82. The van der Waals surface area contributed by atoms with Gasteiger partial charge in [-0.25, -0.2) is 4.98 Å². The van der Waals surface area contributed by atoms with Crippen molar-refractivity contribution in [2.75, 3.05) is 43.4 Å². The van der Waals surface area contributed by atoms with Crippen molar-refractivity contribution in [3.8, 4) is 17.0 Å². The van der Waals surface area contributed by atoms with E-state index < -0.39 is 0 Å². The lowest BCUT2D eigenvalue weighted by Gasteiger charge is -2.35. The van der Waals surface area contributed by atoms with E-state index in [1.807, 2.05) is 66.4 Å². The summed E-state index contributed by atoms with van der Waals surface area (Å²) in [5.41, 5.74) is 2.82. The summed E-state index contributed by atoms with van der Waals surface area (Å²) < 4.78 is 7.59. The molecule has 1 fully saturated rings. The van der Waals surface area contributed by atoms with Crippen molar-refractivity contribution in [2.45, 2.75) is 11.3 Å². The van der Waals surface area contributed by atoms with Crippen LogP contribution in [-0.4, -0.2) is 64.5 Å². The molecule has 174 valence electrons. The Bertz CT molecular complexity index is 1220. The molecule has 34 heavy (non-hydrogen) atoms. The Kier molecular flexibility index (Phi) is 6.92. The standard InChI is InChI=1S/C25H25N5O2S2/c1-2-32-19-9-7-18(8-10-19)20-11-12-23(28-27-20)29-13-15-30(16-14-29)24(31)17-33-25-26-21-5-3-4-6-22(21)34-25/h3-12H,2,13-17H2,1H3. The molecular weight excluding hydrogens is 466 g/mol. The number of thiazole rings is 1. The maximum Gasteiger partial charge on any atom is 0.233 e. The average molecular weight is 492 g/mol. The van der Waals surface area contributed by atoms with Crippen molar-refractivity contribution >= 4 is 45.0 Å². The number of fused-ring (bicyclic) bond motifs is 1. The van der Waals surface area contributed by atoms with Crippen LogP contribution in [0.4, 0.5) is 5.82 Å². The minimum Gasteiger partial charge on any atom is -0.494 e. The molecule has 0 atom stereocenters. The molecule has 0 aliphatic carbocycles. The van der Waals surface area contributed by atoms with Gasteiger partial charge in [0.2, 0.25) is 5.91 Å². The van der Waals surface area contributed by atoms with E-state index >= 15 is 0 Å². The molecular formula is C25H25N5O2S2. The van der Waals surface area contributed by atoms with Gasteiger partial charge in [-0.2, -0.15) is 0 Å². The number of rotatable bonds is 7. The Morgan fingerprint density at radius 1 is 1.00 bits per heavy atom. The minimum atomic E-state index is 0.154. The quantitative estimate of drug-likeness (QED) is 0.350. The smallest absolute Gasteiger partial charge is 0.233 e.